The molecule has 1 unspecified atom stereocenters. The average molecular weight is 565 g/mol. The molecule has 1 aliphatic heterocycles. The summed E-state index contributed by atoms with van der Waals surface area (Å²) in [6, 6.07) is 26.1. The van der Waals surface area contributed by atoms with Crippen molar-refractivity contribution >= 4 is 35.0 Å². The minimum Gasteiger partial charge on any atom is -0.463 e. The lowest BCUT2D eigenvalue weighted by atomic mass is 9.78. The van der Waals surface area contributed by atoms with Gasteiger partial charge in [-0.15, -0.1) is 0 Å². The number of nitrogens with one attached hydrogen (secondary N) is 2. The number of benzene rings is 2. The standard InChI is InChI=1S/C33H29ClN4O3/c1-4-41-33(40)30-29(24-11-5-6-12-25(24)34)28(32(39)38-27-14-7-8-19-35-27)21(3)37-31(30)23-17-15-22(16-18-23)26-13-9-10-20(2)36-26/h5-19,29,37H,4H2,1-3H3,(H,35,38,39). The number of rotatable bonds is 7. The van der Waals surface area contributed by atoms with Crippen molar-refractivity contribution in [2.24, 2.45) is 0 Å². The number of aromatic nitrogens is 2. The maximum atomic E-state index is 13.8. The van der Waals surface area contributed by atoms with Gasteiger partial charge in [0, 0.05) is 33.7 Å². The molecule has 0 fully saturated rings. The number of carbonyl (C=O) groups is 2. The van der Waals surface area contributed by atoms with Gasteiger partial charge >= 0.3 is 5.97 Å². The number of ether oxygens (including phenoxy) is 1. The predicted octanol–water partition coefficient (Wildman–Crippen LogP) is 6.68. The Bertz CT molecular complexity index is 1660. The SMILES string of the molecule is CCOC(=O)C1=C(c2ccc(-c3cccc(C)n3)cc2)NC(C)=C(C(=O)Nc2ccccn2)C1c1ccccc1Cl. The van der Waals surface area contributed by atoms with Crippen molar-refractivity contribution in [2.45, 2.75) is 26.7 Å². The molecule has 8 heteroatoms. The molecule has 0 aliphatic carbocycles. The van der Waals surface area contributed by atoms with Gasteiger partial charge in [-0.25, -0.2) is 9.78 Å². The number of hydrogen-bond donors (Lipinski definition) is 2. The number of nitrogens with zero attached hydrogens (tertiary/aromatic N) is 2. The Labute approximate surface area is 244 Å². The van der Waals surface area contributed by atoms with Crippen molar-refractivity contribution in [3.63, 3.8) is 0 Å². The van der Waals surface area contributed by atoms with Crippen LogP contribution in [0.3, 0.4) is 0 Å². The van der Waals surface area contributed by atoms with Crippen LogP contribution < -0.4 is 10.6 Å². The molecular weight excluding hydrogens is 536 g/mol. The molecule has 0 saturated carbocycles. The number of pyridine rings is 2. The van der Waals surface area contributed by atoms with Crippen LogP contribution in [0.4, 0.5) is 5.82 Å². The summed E-state index contributed by atoms with van der Waals surface area (Å²) in [6.45, 7) is 5.68. The topological polar surface area (TPSA) is 93.2 Å². The smallest absolute Gasteiger partial charge is 0.337 e. The van der Waals surface area contributed by atoms with E-state index in [1.54, 1.807) is 37.4 Å². The molecule has 41 heavy (non-hydrogen) atoms. The van der Waals surface area contributed by atoms with Gasteiger partial charge in [0.05, 0.1) is 29.5 Å². The summed E-state index contributed by atoms with van der Waals surface area (Å²) in [7, 11) is 0. The summed E-state index contributed by atoms with van der Waals surface area (Å²) in [5.74, 6) is -1.36. The van der Waals surface area contributed by atoms with Gasteiger partial charge in [0.1, 0.15) is 5.82 Å². The largest absolute Gasteiger partial charge is 0.463 e. The molecule has 2 aromatic carbocycles. The van der Waals surface area contributed by atoms with E-state index in [9.17, 15) is 9.59 Å². The number of halogens is 1. The van der Waals surface area contributed by atoms with E-state index in [4.69, 9.17) is 16.3 Å². The van der Waals surface area contributed by atoms with Crippen molar-refractivity contribution in [2.75, 3.05) is 11.9 Å². The van der Waals surface area contributed by atoms with Gasteiger partial charge in [-0.2, -0.15) is 0 Å². The van der Waals surface area contributed by atoms with E-state index < -0.39 is 17.8 Å². The maximum Gasteiger partial charge on any atom is 0.337 e. The molecule has 0 radical (unpaired) electrons. The van der Waals surface area contributed by atoms with E-state index in [1.165, 1.54) is 0 Å². The molecule has 5 rings (SSSR count). The molecular formula is C33H29ClN4O3. The summed E-state index contributed by atoms with van der Waals surface area (Å²) in [6.07, 6.45) is 1.60. The van der Waals surface area contributed by atoms with Crippen LogP contribution in [0.25, 0.3) is 17.0 Å². The third-order valence-electron chi connectivity index (χ3n) is 6.78. The average Bonchev–Trinajstić information content (AvgIpc) is 2.97. The number of anilines is 1. The first kappa shape index (κ1) is 27.8. The number of allylic oxidation sites excluding steroid dienone is 1. The molecule has 1 aliphatic rings. The number of carbonyl (C=O) groups excluding carboxylic acids is 2. The van der Waals surface area contributed by atoms with Gasteiger partial charge in [0.2, 0.25) is 0 Å². The fourth-order valence-electron chi connectivity index (χ4n) is 4.94. The monoisotopic (exact) mass is 564 g/mol. The van der Waals surface area contributed by atoms with Gasteiger partial charge in [-0.05, 0) is 62.2 Å². The Balaban J connectivity index is 1.66. The summed E-state index contributed by atoms with van der Waals surface area (Å²) >= 11 is 6.71. The minimum absolute atomic E-state index is 0.168. The molecule has 206 valence electrons. The zero-order valence-corrected chi connectivity index (χ0v) is 23.7. The van der Waals surface area contributed by atoms with Crippen LogP contribution in [-0.2, 0) is 14.3 Å². The lowest BCUT2D eigenvalue weighted by Gasteiger charge is -2.32. The van der Waals surface area contributed by atoms with Crippen LogP contribution in [0.5, 0.6) is 0 Å². The Morgan fingerprint density at radius 3 is 2.32 bits per heavy atom. The number of esters is 1. The molecule has 7 nitrogen and oxygen atoms in total. The summed E-state index contributed by atoms with van der Waals surface area (Å²) in [5, 5.41) is 6.64. The Hall–Kier alpha value is -4.75. The highest BCUT2D eigenvalue weighted by molar-refractivity contribution is 6.31. The Morgan fingerprint density at radius 2 is 1.63 bits per heavy atom. The zero-order valence-electron chi connectivity index (χ0n) is 22.9. The fraction of sp³-hybridized carbons (Fsp3) is 0.152. The van der Waals surface area contributed by atoms with Crippen molar-refractivity contribution in [3.05, 3.63) is 130 Å². The highest BCUT2D eigenvalue weighted by atomic mass is 35.5. The number of hydrogen-bond acceptors (Lipinski definition) is 6. The van der Waals surface area contributed by atoms with E-state index in [-0.39, 0.29) is 12.2 Å². The third kappa shape index (κ3) is 5.90. The van der Waals surface area contributed by atoms with Gasteiger partial charge in [0.15, 0.2) is 0 Å². The summed E-state index contributed by atoms with van der Waals surface area (Å²) in [4.78, 5) is 36.3. The minimum atomic E-state index is -0.805. The normalized spacial score (nSPS) is 14.9. The molecule has 2 aromatic heterocycles. The third-order valence-corrected chi connectivity index (χ3v) is 7.13. The number of amides is 1. The molecule has 0 spiro atoms. The fourth-order valence-corrected chi connectivity index (χ4v) is 5.18. The second-order valence-electron chi connectivity index (χ2n) is 9.54. The Morgan fingerprint density at radius 1 is 0.902 bits per heavy atom. The Kier molecular flexibility index (Phi) is 8.26. The molecule has 1 amide bonds. The molecule has 2 N–H and O–H groups in total. The maximum absolute atomic E-state index is 13.8. The molecule has 0 saturated heterocycles. The van der Waals surface area contributed by atoms with Crippen molar-refractivity contribution < 1.29 is 14.3 Å². The van der Waals surface area contributed by atoms with Gasteiger partial charge in [-0.3, -0.25) is 9.78 Å². The molecule has 4 aromatic rings. The first-order valence-corrected chi connectivity index (χ1v) is 13.7. The summed E-state index contributed by atoms with van der Waals surface area (Å²) < 4.78 is 5.56. The van der Waals surface area contributed by atoms with Crippen LogP contribution in [0, 0.1) is 6.92 Å². The number of dihydropyridines is 1. The van der Waals surface area contributed by atoms with E-state index in [1.807, 2.05) is 74.5 Å². The van der Waals surface area contributed by atoms with Gasteiger partial charge in [-0.1, -0.05) is 66.2 Å². The number of aryl methyl sites for hydroxylation is 1. The first-order chi connectivity index (χ1) is 19.9. The quantitative estimate of drug-likeness (QED) is 0.243. The van der Waals surface area contributed by atoms with Crippen LogP contribution >= 0.6 is 11.6 Å². The zero-order chi connectivity index (χ0) is 28.9. The van der Waals surface area contributed by atoms with Gasteiger partial charge in [0.25, 0.3) is 5.91 Å². The lowest BCUT2D eigenvalue weighted by Crippen LogP contribution is -2.34. The van der Waals surface area contributed by atoms with Crippen molar-refractivity contribution in [1.29, 1.82) is 0 Å². The summed E-state index contributed by atoms with van der Waals surface area (Å²) in [5.41, 5.74) is 5.84. The molecule has 1 atom stereocenters. The first-order valence-electron chi connectivity index (χ1n) is 13.3. The van der Waals surface area contributed by atoms with E-state index >= 15 is 0 Å². The predicted molar refractivity (Wildman–Crippen MR) is 161 cm³/mol. The van der Waals surface area contributed by atoms with Crippen LogP contribution in [0.2, 0.25) is 5.02 Å². The molecule has 0 bridgehead atoms. The van der Waals surface area contributed by atoms with Crippen LogP contribution in [-0.4, -0.2) is 28.5 Å². The van der Waals surface area contributed by atoms with Crippen LogP contribution in [0.1, 0.15) is 36.6 Å². The van der Waals surface area contributed by atoms with Crippen molar-refractivity contribution in [3.8, 4) is 11.3 Å². The van der Waals surface area contributed by atoms with E-state index in [0.717, 1.165) is 22.5 Å². The van der Waals surface area contributed by atoms with Crippen molar-refractivity contribution in [1.82, 2.24) is 15.3 Å². The second kappa shape index (κ2) is 12.2. The van der Waals surface area contributed by atoms with Gasteiger partial charge < -0.3 is 15.4 Å². The van der Waals surface area contributed by atoms with E-state index in [0.29, 0.717) is 33.4 Å². The van der Waals surface area contributed by atoms with Crippen LogP contribution in [0.15, 0.2) is 108 Å². The molecule has 3 heterocycles. The van der Waals surface area contributed by atoms with E-state index in [2.05, 4.69) is 20.6 Å². The highest BCUT2D eigenvalue weighted by Gasteiger charge is 2.39. The lowest BCUT2D eigenvalue weighted by molar-refractivity contribution is -0.138. The highest BCUT2D eigenvalue weighted by Crippen LogP contribution is 2.44. The second-order valence-corrected chi connectivity index (χ2v) is 9.95.